The lowest BCUT2D eigenvalue weighted by Crippen LogP contribution is -2.19. The van der Waals surface area contributed by atoms with Crippen molar-refractivity contribution < 1.29 is 14.6 Å². The number of aromatic nitrogens is 2. The number of carboxylic acids is 1. The molecule has 1 aromatic heterocycles. The van der Waals surface area contributed by atoms with Gasteiger partial charge in [-0.25, -0.2) is 4.79 Å². The van der Waals surface area contributed by atoms with E-state index in [9.17, 15) is 4.79 Å². The minimum Gasteiger partial charge on any atom is -0.476 e. The van der Waals surface area contributed by atoms with Gasteiger partial charge in [0.25, 0.3) is 0 Å². The normalized spacial score (nSPS) is 23.6. The van der Waals surface area contributed by atoms with E-state index < -0.39 is 5.97 Å². The molecule has 1 fully saturated rings. The molecule has 1 atom stereocenters. The van der Waals surface area contributed by atoms with Crippen molar-refractivity contribution in [3.05, 3.63) is 17.0 Å². The van der Waals surface area contributed by atoms with Gasteiger partial charge in [0.05, 0.1) is 24.9 Å². The van der Waals surface area contributed by atoms with Crippen molar-refractivity contribution >= 4 is 5.97 Å². The van der Waals surface area contributed by atoms with Crippen LogP contribution in [0.1, 0.15) is 34.2 Å². The average Bonchev–Trinajstić information content (AvgIpc) is 2.95. The molecule has 0 spiro atoms. The van der Waals surface area contributed by atoms with Gasteiger partial charge in [0.1, 0.15) is 0 Å². The lowest BCUT2D eigenvalue weighted by Gasteiger charge is -2.17. The van der Waals surface area contributed by atoms with E-state index in [1.54, 1.807) is 0 Å². The average molecular weight is 237 g/mol. The van der Waals surface area contributed by atoms with Gasteiger partial charge >= 0.3 is 5.97 Å². The fourth-order valence-electron chi connectivity index (χ4n) is 2.58. The largest absolute Gasteiger partial charge is 0.476 e. The smallest absolute Gasteiger partial charge is 0.356 e. The third-order valence-electron chi connectivity index (χ3n) is 3.44. The molecule has 0 aromatic carbocycles. The molecule has 0 saturated carbocycles. The molecule has 6 nitrogen and oxygen atoms in total. The van der Waals surface area contributed by atoms with Gasteiger partial charge < -0.3 is 15.2 Å². The first kappa shape index (κ1) is 10.7. The lowest BCUT2D eigenvalue weighted by atomic mass is 10.1. The van der Waals surface area contributed by atoms with E-state index in [1.165, 1.54) is 0 Å². The van der Waals surface area contributed by atoms with Gasteiger partial charge in [-0.1, -0.05) is 0 Å². The summed E-state index contributed by atoms with van der Waals surface area (Å²) in [5.74, 6) is -0.937. The van der Waals surface area contributed by atoms with Crippen molar-refractivity contribution in [1.82, 2.24) is 15.1 Å². The zero-order valence-corrected chi connectivity index (χ0v) is 9.48. The molecule has 6 heteroatoms. The van der Waals surface area contributed by atoms with Gasteiger partial charge in [-0.05, 0) is 13.0 Å². The summed E-state index contributed by atoms with van der Waals surface area (Å²) in [7, 11) is 0. The van der Waals surface area contributed by atoms with E-state index in [4.69, 9.17) is 9.84 Å². The number of fused-ring (bicyclic) bond motifs is 1. The number of nitrogens with zero attached hydrogens (tertiary/aromatic N) is 2. The Morgan fingerprint density at radius 3 is 3.18 bits per heavy atom. The monoisotopic (exact) mass is 237 g/mol. The highest BCUT2D eigenvalue weighted by molar-refractivity contribution is 5.87. The molecule has 0 aliphatic carbocycles. The Bertz CT molecular complexity index is 449. The minimum absolute atomic E-state index is 0.204. The Kier molecular flexibility index (Phi) is 2.60. The van der Waals surface area contributed by atoms with Crippen LogP contribution in [0, 0.1) is 0 Å². The second-order valence-electron chi connectivity index (χ2n) is 4.47. The van der Waals surface area contributed by atoms with Crippen LogP contribution in [0.5, 0.6) is 0 Å². The van der Waals surface area contributed by atoms with Gasteiger partial charge in [0.15, 0.2) is 5.69 Å². The zero-order chi connectivity index (χ0) is 11.8. The highest BCUT2D eigenvalue weighted by Gasteiger charge is 2.29. The maximum absolute atomic E-state index is 11.2. The summed E-state index contributed by atoms with van der Waals surface area (Å²) in [6.45, 7) is 2.88. The van der Waals surface area contributed by atoms with Crippen molar-refractivity contribution in [2.45, 2.75) is 25.5 Å². The van der Waals surface area contributed by atoms with Crippen molar-refractivity contribution in [3.8, 4) is 0 Å². The highest BCUT2D eigenvalue weighted by atomic mass is 16.5. The van der Waals surface area contributed by atoms with E-state index >= 15 is 0 Å². The fourth-order valence-corrected chi connectivity index (χ4v) is 2.58. The van der Waals surface area contributed by atoms with E-state index in [0.29, 0.717) is 19.6 Å². The summed E-state index contributed by atoms with van der Waals surface area (Å²) >= 11 is 0. The molecule has 2 aliphatic rings. The van der Waals surface area contributed by atoms with Crippen LogP contribution in [0.3, 0.4) is 0 Å². The Labute approximate surface area is 98.6 Å². The summed E-state index contributed by atoms with van der Waals surface area (Å²) in [5, 5.41) is 16.7. The van der Waals surface area contributed by atoms with E-state index in [1.807, 2.05) is 4.68 Å². The van der Waals surface area contributed by atoms with Crippen molar-refractivity contribution in [1.29, 1.82) is 0 Å². The highest BCUT2D eigenvalue weighted by Crippen LogP contribution is 2.26. The Morgan fingerprint density at radius 1 is 1.59 bits per heavy atom. The number of rotatable bonds is 2. The number of hydrogen-bond acceptors (Lipinski definition) is 4. The van der Waals surface area contributed by atoms with Gasteiger partial charge in [-0.15, -0.1) is 0 Å². The molecule has 17 heavy (non-hydrogen) atoms. The Morgan fingerprint density at radius 2 is 2.47 bits per heavy atom. The van der Waals surface area contributed by atoms with Crippen LogP contribution >= 0.6 is 0 Å². The van der Waals surface area contributed by atoms with Crippen molar-refractivity contribution in [2.24, 2.45) is 0 Å². The number of carbonyl (C=O) groups is 1. The van der Waals surface area contributed by atoms with Crippen LogP contribution in [-0.4, -0.2) is 40.6 Å². The topological polar surface area (TPSA) is 76.4 Å². The molecule has 3 rings (SSSR count). The summed E-state index contributed by atoms with van der Waals surface area (Å²) < 4.78 is 7.27. The molecule has 1 saturated heterocycles. The molecule has 92 valence electrons. The van der Waals surface area contributed by atoms with Crippen molar-refractivity contribution in [2.75, 3.05) is 19.7 Å². The number of carboxylic acid groups (broad SMARTS) is 1. The van der Waals surface area contributed by atoms with Crippen LogP contribution in [0.15, 0.2) is 0 Å². The number of ether oxygens (including phenoxy) is 1. The lowest BCUT2D eigenvalue weighted by molar-refractivity contribution is 0.0686. The summed E-state index contributed by atoms with van der Waals surface area (Å²) in [4.78, 5) is 11.2. The first-order chi connectivity index (χ1) is 8.27. The SMILES string of the molecule is O=C(O)c1nn(C2CCNC2)c2c1CCOC2. The molecule has 0 amide bonds. The second-order valence-corrected chi connectivity index (χ2v) is 4.47. The predicted molar refractivity (Wildman–Crippen MR) is 59.1 cm³/mol. The van der Waals surface area contributed by atoms with Crippen molar-refractivity contribution in [3.63, 3.8) is 0 Å². The fraction of sp³-hybridized carbons (Fsp3) is 0.636. The maximum atomic E-state index is 11.2. The predicted octanol–water partition coefficient (Wildman–Crippen LogP) is 0.188. The molecule has 3 heterocycles. The third-order valence-corrected chi connectivity index (χ3v) is 3.44. The van der Waals surface area contributed by atoms with Crippen LogP contribution in [0.25, 0.3) is 0 Å². The van der Waals surface area contributed by atoms with Crippen LogP contribution in [0.2, 0.25) is 0 Å². The van der Waals surface area contributed by atoms with Gasteiger partial charge in [-0.2, -0.15) is 5.10 Å². The molecular formula is C11H15N3O3. The zero-order valence-electron chi connectivity index (χ0n) is 9.48. The maximum Gasteiger partial charge on any atom is 0.356 e. The van der Waals surface area contributed by atoms with Gasteiger partial charge in [0.2, 0.25) is 0 Å². The Balaban J connectivity index is 2.05. The molecule has 0 bridgehead atoms. The number of aromatic carboxylic acids is 1. The first-order valence-electron chi connectivity index (χ1n) is 5.89. The molecule has 2 N–H and O–H groups in total. The molecule has 2 aliphatic heterocycles. The van der Waals surface area contributed by atoms with Gasteiger partial charge in [0, 0.05) is 18.5 Å². The Hall–Kier alpha value is -1.40. The molecule has 1 aromatic rings. The number of hydrogen-bond donors (Lipinski definition) is 2. The standard InChI is InChI=1S/C11H15N3O3/c15-11(16)10-8-2-4-17-6-9(8)14(13-10)7-1-3-12-5-7/h7,12H,1-6H2,(H,15,16). The third kappa shape index (κ3) is 1.73. The first-order valence-corrected chi connectivity index (χ1v) is 5.89. The van der Waals surface area contributed by atoms with Crippen LogP contribution in [0.4, 0.5) is 0 Å². The molecule has 0 radical (unpaired) electrons. The van der Waals surface area contributed by atoms with E-state index in [-0.39, 0.29) is 11.7 Å². The van der Waals surface area contributed by atoms with Crippen LogP contribution in [-0.2, 0) is 17.8 Å². The summed E-state index contributed by atoms with van der Waals surface area (Å²) in [6.07, 6.45) is 1.64. The van der Waals surface area contributed by atoms with Crippen LogP contribution < -0.4 is 5.32 Å². The number of nitrogens with one attached hydrogen (secondary N) is 1. The summed E-state index contributed by atoms with van der Waals surface area (Å²) in [6, 6.07) is 0.263. The summed E-state index contributed by atoms with van der Waals surface area (Å²) in [5.41, 5.74) is 2.01. The molecule has 1 unspecified atom stereocenters. The van der Waals surface area contributed by atoms with E-state index in [0.717, 1.165) is 30.8 Å². The minimum atomic E-state index is -0.937. The second kappa shape index (κ2) is 4.12. The van der Waals surface area contributed by atoms with Gasteiger partial charge in [-0.3, -0.25) is 4.68 Å². The van der Waals surface area contributed by atoms with E-state index in [2.05, 4.69) is 10.4 Å². The molecular weight excluding hydrogens is 222 g/mol. The quantitative estimate of drug-likeness (QED) is 0.767.